The first-order valence-electron chi connectivity index (χ1n) is 6.86. The maximum atomic E-state index is 12.6. The molecule has 0 saturated carbocycles. The summed E-state index contributed by atoms with van der Waals surface area (Å²) in [5, 5.41) is 4.81. The fourth-order valence-corrected chi connectivity index (χ4v) is 1.97. The maximum absolute atomic E-state index is 12.6. The molecule has 0 aliphatic heterocycles. The third kappa shape index (κ3) is 5.01. The molecule has 5 nitrogen and oxygen atoms in total. The molecule has 0 aliphatic rings. The highest BCUT2D eigenvalue weighted by molar-refractivity contribution is 5.99. The quantitative estimate of drug-likeness (QED) is 0.799. The molecule has 0 saturated heterocycles. The third-order valence-corrected chi connectivity index (χ3v) is 3.04. The lowest BCUT2D eigenvalue weighted by molar-refractivity contribution is -0.137. The lowest BCUT2D eigenvalue weighted by Crippen LogP contribution is -2.20. The topological polar surface area (TPSA) is 84.2 Å². The van der Waals surface area contributed by atoms with Crippen LogP contribution in [-0.4, -0.2) is 11.9 Å². The molecule has 0 radical (unpaired) electrons. The number of rotatable bonds is 4. The number of alkyl halides is 3. The molecule has 0 aliphatic carbocycles. The van der Waals surface area contributed by atoms with Crippen molar-refractivity contribution >= 4 is 23.3 Å². The fraction of sp³-hybridized carbons (Fsp3) is 0.125. The van der Waals surface area contributed by atoms with Gasteiger partial charge in [0.2, 0.25) is 5.91 Å². The van der Waals surface area contributed by atoms with E-state index in [9.17, 15) is 22.8 Å². The van der Waals surface area contributed by atoms with E-state index in [4.69, 9.17) is 5.73 Å². The highest BCUT2D eigenvalue weighted by Gasteiger charge is 2.30. The molecular formula is C16H14F3N3O2. The molecule has 126 valence electrons. The number of urea groups is 1. The number of hydrogen-bond donors (Lipinski definition) is 3. The molecule has 0 bridgehead atoms. The van der Waals surface area contributed by atoms with Crippen LogP contribution in [0.25, 0.3) is 0 Å². The van der Waals surface area contributed by atoms with E-state index in [1.807, 2.05) is 0 Å². The van der Waals surface area contributed by atoms with Crippen LogP contribution in [0.2, 0.25) is 0 Å². The molecule has 24 heavy (non-hydrogen) atoms. The molecule has 0 unspecified atom stereocenters. The molecule has 2 aromatic carbocycles. The molecule has 3 amide bonds. The Labute approximate surface area is 135 Å². The summed E-state index contributed by atoms with van der Waals surface area (Å²) in [4.78, 5) is 22.6. The zero-order valence-corrected chi connectivity index (χ0v) is 12.4. The molecule has 8 heteroatoms. The minimum atomic E-state index is -4.48. The van der Waals surface area contributed by atoms with Crippen LogP contribution in [0.15, 0.2) is 48.5 Å². The van der Waals surface area contributed by atoms with Gasteiger partial charge in [0.05, 0.1) is 12.0 Å². The molecule has 2 aromatic rings. The van der Waals surface area contributed by atoms with Crippen molar-refractivity contribution in [2.45, 2.75) is 12.6 Å². The number of carbonyl (C=O) groups is 2. The second-order valence-electron chi connectivity index (χ2n) is 5.00. The fourth-order valence-electron chi connectivity index (χ4n) is 1.97. The van der Waals surface area contributed by atoms with Crippen molar-refractivity contribution in [2.24, 2.45) is 5.73 Å². The van der Waals surface area contributed by atoms with Gasteiger partial charge in [-0.05, 0) is 35.9 Å². The van der Waals surface area contributed by atoms with E-state index in [0.29, 0.717) is 11.3 Å². The van der Waals surface area contributed by atoms with Gasteiger partial charge in [0.25, 0.3) is 0 Å². The molecular weight excluding hydrogens is 323 g/mol. The zero-order valence-electron chi connectivity index (χ0n) is 12.4. The average Bonchev–Trinajstić information content (AvgIpc) is 2.48. The Morgan fingerprint density at radius 2 is 1.58 bits per heavy atom. The number of nitrogens with one attached hydrogen (secondary N) is 2. The Balaban J connectivity index is 1.99. The summed E-state index contributed by atoms with van der Waals surface area (Å²) in [5.41, 5.74) is 5.35. The smallest absolute Gasteiger partial charge is 0.369 e. The first kappa shape index (κ1) is 17.3. The molecule has 0 aromatic heterocycles. The van der Waals surface area contributed by atoms with Crippen LogP contribution in [0.3, 0.4) is 0 Å². The summed E-state index contributed by atoms with van der Waals surface area (Å²) in [6.07, 6.45) is -4.40. The van der Waals surface area contributed by atoms with Crippen molar-refractivity contribution in [1.29, 1.82) is 0 Å². The van der Waals surface area contributed by atoms with E-state index in [0.717, 1.165) is 12.1 Å². The lowest BCUT2D eigenvalue weighted by Gasteiger charge is -2.11. The Morgan fingerprint density at radius 3 is 2.17 bits per heavy atom. The van der Waals surface area contributed by atoms with Gasteiger partial charge in [0.15, 0.2) is 0 Å². The van der Waals surface area contributed by atoms with E-state index >= 15 is 0 Å². The summed E-state index contributed by atoms with van der Waals surface area (Å²) in [7, 11) is 0. The number of hydrogen-bond acceptors (Lipinski definition) is 2. The van der Waals surface area contributed by atoms with Gasteiger partial charge >= 0.3 is 12.2 Å². The van der Waals surface area contributed by atoms with Gasteiger partial charge in [-0.25, -0.2) is 4.79 Å². The van der Waals surface area contributed by atoms with Crippen LogP contribution >= 0.6 is 0 Å². The van der Waals surface area contributed by atoms with Gasteiger partial charge in [0.1, 0.15) is 0 Å². The van der Waals surface area contributed by atoms with E-state index in [1.165, 1.54) is 12.1 Å². The van der Waals surface area contributed by atoms with Gasteiger partial charge in [-0.3, -0.25) is 4.79 Å². The number of halogens is 3. The van der Waals surface area contributed by atoms with Gasteiger partial charge in [-0.2, -0.15) is 13.2 Å². The second-order valence-corrected chi connectivity index (χ2v) is 5.00. The molecule has 4 N–H and O–H groups in total. The lowest BCUT2D eigenvalue weighted by atomic mass is 10.1. The normalized spacial score (nSPS) is 11.0. The van der Waals surface area contributed by atoms with Crippen LogP contribution < -0.4 is 16.4 Å². The van der Waals surface area contributed by atoms with Crippen LogP contribution in [0.5, 0.6) is 0 Å². The first-order valence-corrected chi connectivity index (χ1v) is 6.86. The monoisotopic (exact) mass is 337 g/mol. The van der Waals surface area contributed by atoms with Crippen LogP contribution in [0.1, 0.15) is 11.1 Å². The number of amides is 3. The summed E-state index contributed by atoms with van der Waals surface area (Å²) in [6.45, 7) is 0. The van der Waals surface area contributed by atoms with Crippen molar-refractivity contribution < 1.29 is 22.8 Å². The molecule has 0 atom stereocenters. The summed E-state index contributed by atoms with van der Waals surface area (Å²) in [5.74, 6) is -0.474. The Hall–Kier alpha value is -3.03. The van der Waals surface area contributed by atoms with E-state index in [1.54, 1.807) is 24.3 Å². The van der Waals surface area contributed by atoms with E-state index in [-0.39, 0.29) is 12.1 Å². The van der Waals surface area contributed by atoms with E-state index in [2.05, 4.69) is 10.6 Å². The van der Waals surface area contributed by atoms with Crippen LogP contribution in [0, 0.1) is 0 Å². The second kappa shape index (κ2) is 7.03. The van der Waals surface area contributed by atoms with Crippen molar-refractivity contribution in [3.63, 3.8) is 0 Å². The average molecular weight is 337 g/mol. The molecule has 0 spiro atoms. The van der Waals surface area contributed by atoms with Crippen molar-refractivity contribution in [3.8, 4) is 0 Å². The number of benzene rings is 2. The van der Waals surface area contributed by atoms with Crippen LogP contribution in [-0.2, 0) is 17.4 Å². The molecule has 0 heterocycles. The standard InChI is InChI=1S/C16H14F3N3O2/c17-16(18,19)11-2-1-3-13(9-11)22-15(24)21-12-6-4-10(5-7-12)8-14(20)23/h1-7,9H,8H2,(H2,20,23)(H2,21,22,24). The summed E-state index contributed by atoms with van der Waals surface area (Å²) in [6, 6.07) is 9.98. The van der Waals surface area contributed by atoms with Gasteiger partial charge in [-0.15, -0.1) is 0 Å². The molecule has 2 rings (SSSR count). The van der Waals surface area contributed by atoms with Gasteiger partial charge in [0, 0.05) is 11.4 Å². The minimum Gasteiger partial charge on any atom is -0.369 e. The van der Waals surface area contributed by atoms with Crippen molar-refractivity contribution in [3.05, 3.63) is 59.7 Å². The minimum absolute atomic E-state index is 0.0210. The number of anilines is 2. The Bertz CT molecular complexity index is 743. The zero-order chi connectivity index (χ0) is 17.7. The number of carbonyl (C=O) groups excluding carboxylic acids is 2. The predicted octanol–water partition coefficient (Wildman–Crippen LogP) is 3.38. The van der Waals surface area contributed by atoms with E-state index < -0.39 is 23.7 Å². The third-order valence-electron chi connectivity index (χ3n) is 3.04. The highest BCUT2D eigenvalue weighted by atomic mass is 19.4. The van der Waals surface area contributed by atoms with Gasteiger partial charge < -0.3 is 16.4 Å². The Kier molecular flexibility index (Phi) is 5.08. The number of nitrogens with two attached hydrogens (primary N) is 1. The predicted molar refractivity (Wildman–Crippen MR) is 83.4 cm³/mol. The Morgan fingerprint density at radius 1 is 0.958 bits per heavy atom. The summed E-state index contributed by atoms with van der Waals surface area (Å²) >= 11 is 0. The highest BCUT2D eigenvalue weighted by Crippen LogP contribution is 2.30. The number of primary amides is 1. The summed E-state index contributed by atoms with van der Waals surface area (Å²) < 4.78 is 37.9. The van der Waals surface area contributed by atoms with Gasteiger partial charge in [-0.1, -0.05) is 18.2 Å². The van der Waals surface area contributed by atoms with Crippen molar-refractivity contribution in [1.82, 2.24) is 0 Å². The van der Waals surface area contributed by atoms with Crippen molar-refractivity contribution in [2.75, 3.05) is 10.6 Å². The van der Waals surface area contributed by atoms with Crippen LogP contribution in [0.4, 0.5) is 29.3 Å². The maximum Gasteiger partial charge on any atom is 0.416 e. The first-order chi connectivity index (χ1) is 11.2. The SMILES string of the molecule is NC(=O)Cc1ccc(NC(=O)Nc2cccc(C(F)(F)F)c2)cc1. The molecule has 0 fully saturated rings. The largest absolute Gasteiger partial charge is 0.416 e.